The number of nitrogens with zero attached hydrogens (tertiary/aromatic N) is 1. The second-order valence-corrected chi connectivity index (χ2v) is 6.66. The van der Waals surface area contributed by atoms with Crippen molar-refractivity contribution in [2.24, 2.45) is 0 Å². The van der Waals surface area contributed by atoms with Crippen LogP contribution in [-0.4, -0.2) is 28.4 Å². The van der Waals surface area contributed by atoms with Crippen LogP contribution < -0.4 is 21.9 Å². The van der Waals surface area contributed by atoms with E-state index in [-0.39, 0.29) is 23.7 Å². The number of thiophene rings is 1. The van der Waals surface area contributed by atoms with E-state index in [2.05, 4.69) is 4.98 Å². The lowest BCUT2D eigenvalue weighted by Gasteiger charge is -2.17. The molecule has 2 heterocycles. The van der Waals surface area contributed by atoms with Crippen LogP contribution >= 0.6 is 11.3 Å². The predicted molar refractivity (Wildman–Crippen MR) is 94.8 cm³/mol. The van der Waals surface area contributed by atoms with Crippen LogP contribution in [0.1, 0.15) is 35.5 Å². The largest absolute Gasteiger partial charge is 0.384 e. The number of Topliss-reactive ketones (excluding diaryl/α,β-unsaturated/α-hetero) is 1. The molecule has 0 bridgehead atoms. The summed E-state index contributed by atoms with van der Waals surface area (Å²) in [6.07, 6.45) is 0.675. The SMILES string of the molecule is CCCn1c(N)c(C(=O)C[NH+](CC)Cc2cccs2)c(=O)[nH]c1=O. The van der Waals surface area contributed by atoms with Crippen LogP contribution in [-0.2, 0) is 13.1 Å². The van der Waals surface area contributed by atoms with Gasteiger partial charge in [0, 0.05) is 6.54 Å². The fraction of sp³-hybridized carbons (Fsp3) is 0.438. The number of nitrogens with one attached hydrogen (secondary N) is 2. The first-order valence-corrected chi connectivity index (χ1v) is 8.87. The number of aromatic amines is 1. The van der Waals surface area contributed by atoms with E-state index in [0.29, 0.717) is 19.5 Å². The molecule has 8 heteroatoms. The Morgan fingerprint density at radius 3 is 2.71 bits per heavy atom. The lowest BCUT2D eigenvalue weighted by Crippen LogP contribution is -3.11. The van der Waals surface area contributed by atoms with Crippen molar-refractivity contribution in [2.45, 2.75) is 33.4 Å². The molecule has 24 heavy (non-hydrogen) atoms. The molecule has 130 valence electrons. The number of H-pyrrole nitrogens is 1. The number of anilines is 1. The van der Waals surface area contributed by atoms with Gasteiger partial charge in [0.1, 0.15) is 24.5 Å². The van der Waals surface area contributed by atoms with Crippen molar-refractivity contribution < 1.29 is 9.69 Å². The number of carbonyl (C=O) groups excluding carboxylic acids is 1. The quantitative estimate of drug-likeness (QED) is 0.577. The Morgan fingerprint density at radius 2 is 2.12 bits per heavy atom. The van der Waals surface area contributed by atoms with Crippen LogP contribution in [0.15, 0.2) is 27.1 Å². The Bertz CT molecular complexity index is 808. The average molecular weight is 351 g/mol. The van der Waals surface area contributed by atoms with E-state index < -0.39 is 11.2 Å². The minimum atomic E-state index is -0.707. The highest BCUT2D eigenvalue weighted by molar-refractivity contribution is 7.09. The summed E-state index contributed by atoms with van der Waals surface area (Å²) in [6.45, 7) is 5.86. The van der Waals surface area contributed by atoms with Gasteiger partial charge in [-0.15, -0.1) is 11.3 Å². The number of hydrogen-bond donors (Lipinski definition) is 3. The summed E-state index contributed by atoms with van der Waals surface area (Å²) >= 11 is 1.64. The van der Waals surface area contributed by atoms with Crippen LogP contribution in [0.5, 0.6) is 0 Å². The van der Waals surface area contributed by atoms with Gasteiger partial charge in [0.25, 0.3) is 5.56 Å². The van der Waals surface area contributed by atoms with Crippen molar-refractivity contribution in [3.8, 4) is 0 Å². The maximum Gasteiger partial charge on any atom is 0.329 e. The Labute approximate surface area is 143 Å². The molecule has 7 nitrogen and oxygen atoms in total. The highest BCUT2D eigenvalue weighted by atomic mass is 32.1. The zero-order chi connectivity index (χ0) is 17.7. The third-order valence-electron chi connectivity index (χ3n) is 3.88. The highest BCUT2D eigenvalue weighted by Gasteiger charge is 2.23. The van der Waals surface area contributed by atoms with Crippen LogP contribution in [0.25, 0.3) is 0 Å². The third kappa shape index (κ3) is 4.01. The summed E-state index contributed by atoms with van der Waals surface area (Å²) in [4.78, 5) is 40.9. The maximum atomic E-state index is 12.6. The summed E-state index contributed by atoms with van der Waals surface area (Å²) in [7, 11) is 0. The van der Waals surface area contributed by atoms with Crippen molar-refractivity contribution >= 4 is 22.9 Å². The summed E-state index contributed by atoms with van der Waals surface area (Å²) in [5.41, 5.74) is 4.55. The van der Waals surface area contributed by atoms with Crippen molar-refractivity contribution in [3.63, 3.8) is 0 Å². The van der Waals surface area contributed by atoms with Gasteiger partial charge in [-0.2, -0.15) is 0 Å². The molecule has 0 aliphatic heterocycles. The molecule has 4 N–H and O–H groups in total. The number of ketones is 1. The lowest BCUT2D eigenvalue weighted by molar-refractivity contribution is -0.903. The Kier molecular flexibility index (Phi) is 6.10. The second kappa shape index (κ2) is 8.07. The van der Waals surface area contributed by atoms with Crippen molar-refractivity contribution in [1.82, 2.24) is 9.55 Å². The molecule has 0 radical (unpaired) electrons. The number of quaternary nitrogens is 1. The molecule has 2 aromatic heterocycles. The molecule has 0 spiro atoms. The second-order valence-electron chi connectivity index (χ2n) is 5.63. The van der Waals surface area contributed by atoms with E-state index in [1.807, 2.05) is 31.4 Å². The minimum Gasteiger partial charge on any atom is -0.384 e. The monoisotopic (exact) mass is 351 g/mol. The van der Waals surface area contributed by atoms with E-state index in [9.17, 15) is 14.4 Å². The molecule has 0 aliphatic carbocycles. The van der Waals surface area contributed by atoms with Gasteiger partial charge in [-0.05, 0) is 24.8 Å². The molecule has 0 amide bonds. The van der Waals surface area contributed by atoms with Crippen molar-refractivity contribution in [1.29, 1.82) is 0 Å². The summed E-state index contributed by atoms with van der Waals surface area (Å²) in [5.74, 6) is -0.380. The van der Waals surface area contributed by atoms with E-state index in [1.54, 1.807) is 11.3 Å². The summed E-state index contributed by atoms with van der Waals surface area (Å²) < 4.78 is 1.25. The fourth-order valence-electron chi connectivity index (χ4n) is 2.59. The normalized spacial score (nSPS) is 12.2. The number of hydrogen-bond acceptors (Lipinski definition) is 5. The Hall–Kier alpha value is -2.19. The van der Waals surface area contributed by atoms with Gasteiger partial charge < -0.3 is 10.6 Å². The number of aromatic nitrogens is 2. The van der Waals surface area contributed by atoms with Gasteiger partial charge in [0.05, 0.1) is 11.4 Å². The van der Waals surface area contributed by atoms with Crippen LogP contribution in [0, 0.1) is 0 Å². The third-order valence-corrected chi connectivity index (χ3v) is 4.76. The topological polar surface area (TPSA) is 102 Å². The molecule has 0 aliphatic rings. The van der Waals surface area contributed by atoms with Crippen LogP contribution in [0.2, 0.25) is 0 Å². The van der Waals surface area contributed by atoms with Gasteiger partial charge in [-0.3, -0.25) is 19.1 Å². The zero-order valence-corrected chi connectivity index (χ0v) is 14.7. The zero-order valence-electron chi connectivity index (χ0n) is 13.9. The molecule has 0 fully saturated rings. The molecular weight excluding hydrogens is 328 g/mol. The van der Waals surface area contributed by atoms with Gasteiger partial charge in [-0.25, -0.2) is 4.79 Å². The van der Waals surface area contributed by atoms with E-state index in [4.69, 9.17) is 5.73 Å². The van der Waals surface area contributed by atoms with Crippen LogP contribution in [0.4, 0.5) is 5.82 Å². The smallest absolute Gasteiger partial charge is 0.329 e. The molecule has 2 rings (SSSR count). The Morgan fingerprint density at radius 1 is 1.38 bits per heavy atom. The lowest BCUT2D eigenvalue weighted by atomic mass is 10.1. The van der Waals surface area contributed by atoms with E-state index >= 15 is 0 Å². The number of likely N-dealkylation sites (N-methyl/N-ethyl adjacent to an activating group) is 1. The molecule has 1 atom stereocenters. The molecule has 2 aromatic rings. The molecule has 1 unspecified atom stereocenters. The van der Waals surface area contributed by atoms with Gasteiger partial charge in [-0.1, -0.05) is 13.0 Å². The number of nitrogen functional groups attached to an aromatic ring is 1. The first-order valence-electron chi connectivity index (χ1n) is 7.99. The van der Waals surface area contributed by atoms with Crippen molar-refractivity contribution in [3.05, 3.63) is 48.8 Å². The fourth-order valence-corrected chi connectivity index (χ4v) is 3.37. The number of nitrogens with two attached hydrogens (primary N) is 1. The first kappa shape index (κ1) is 18.2. The standard InChI is InChI=1S/C16H22N4O3S/c1-3-7-20-14(17)13(15(22)18-16(20)23)12(21)10-19(4-2)9-11-6-5-8-24-11/h5-6,8H,3-4,7,9-10,17H2,1-2H3,(H,18,22,23)/p+1. The maximum absolute atomic E-state index is 12.6. The van der Waals surface area contributed by atoms with Gasteiger partial charge >= 0.3 is 5.69 Å². The molecule has 0 aromatic carbocycles. The van der Waals surface area contributed by atoms with E-state index in [1.165, 1.54) is 9.44 Å². The predicted octanol–water partition coefficient (Wildman–Crippen LogP) is -0.122. The Balaban J connectivity index is 2.27. The molecule has 0 saturated carbocycles. The first-order chi connectivity index (χ1) is 11.5. The van der Waals surface area contributed by atoms with Crippen LogP contribution in [0.3, 0.4) is 0 Å². The van der Waals surface area contributed by atoms with Gasteiger partial charge in [0.2, 0.25) is 5.78 Å². The van der Waals surface area contributed by atoms with Crippen molar-refractivity contribution in [2.75, 3.05) is 18.8 Å². The highest BCUT2D eigenvalue weighted by Crippen LogP contribution is 2.07. The summed E-state index contributed by atoms with van der Waals surface area (Å²) in [6, 6.07) is 3.99. The number of carbonyl (C=O) groups is 1. The number of rotatable bonds is 8. The summed E-state index contributed by atoms with van der Waals surface area (Å²) in [5, 5.41) is 1.99. The van der Waals surface area contributed by atoms with Gasteiger partial charge in [0.15, 0.2) is 0 Å². The minimum absolute atomic E-state index is 0.0397. The average Bonchev–Trinajstić information content (AvgIpc) is 3.03. The molecular formula is C16H23N4O3S+. The van der Waals surface area contributed by atoms with E-state index in [0.717, 1.165) is 11.4 Å². The molecule has 0 saturated heterocycles.